The minimum absolute atomic E-state index is 0.151. The average Bonchev–Trinajstić information content (AvgIpc) is 2.77. The number of nitrogens with one attached hydrogen (secondary N) is 1. The SMILES string of the molecule is Cc1cc(Br)ccc1N1C(=O)NC(=O)/C(=C/c2ccc(OCc3cccc(Cl)c3)c(Br)c2)C1=O. The number of rotatable bonds is 5. The molecule has 0 bridgehead atoms. The van der Waals surface area contributed by atoms with Gasteiger partial charge in [-0.3, -0.25) is 14.9 Å². The van der Waals surface area contributed by atoms with Crippen molar-refractivity contribution >= 4 is 73.1 Å². The number of carbonyl (C=O) groups is 3. The van der Waals surface area contributed by atoms with Crippen molar-refractivity contribution in [2.75, 3.05) is 4.90 Å². The van der Waals surface area contributed by atoms with Crippen molar-refractivity contribution in [1.29, 1.82) is 0 Å². The van der Waals surface area contributed by atoms with E-state index in [0.29, 0.717) is 38.7 Å². The molecule has 0 aliphatic carbocycles. The zero-order valence-electron chi connectivity index (χ0n) is 17.8. The molecule has 1 aliphatic rings. The van der Waals surface area contributed by atoms with Gasteiger partial charge in [-0.25, -0.2) is 9.69 Å². The highest BCUT2D eigenvalue weighted by molar-refractivity contribution is 9.10. The third kappa shape index (κ3) is 5.24. The molecule has 0 radical (unpaired) electrons. The van der Waals surface area contributed by atoms with Crippen LogP contribution in [0.25, 0.3) is 6.08 Å². The minimum atomic E-state index is -0.788. The Bertz CT molecular complexity index is 1360. The van der Waals surface area contributed by atoms with Crippen molar-refractivity contribution in [1.82, 2.24) is 5.32 Å². The summed E-state index contributed by atoms with van der Waals surface area (Å²) in [6.45, 7) is 2.10. The Morgan fingerprint density at radius 1 is 1.03 bits per heavy atom. The van der Waals surface area contributed by atoms with Crippen LogP contribution >= 0.6 is 43.5 Å². The van der Waals surface area contributed by atoms with E-state index in [4.69, 9.17) is 16.3 Å². The second-order valence-corrected chi connectivity index (χ2v) is 9.70. The lowest BCUT2D eigenvalue weighted by atomic mass is 10.1. The third-order valence-corrected chi connectivity index (χ3v) is 6.40. The minimum Gasteiger partial charge on any atom is -0.488 e. The highest BCUT2D eigenvalue weighted by Crippen LogP contribution is 2.30. The topological polar surface area (TPSA) is 75.7 Å². The molecule has 34 heavy (non-hydrogen) atoms. The van der Waals surface area contributed by atoms with Crippen LogP contribution in [0, 0.1) is 6.92 Å². The number of amides is 4. The maximum Gasteiger partial charge on any atom is 0.335 e. The van der Waals surface area contributed by atoms with E-state index < -0.39 is 17.8 Å². The van der Waals surface area contributed by atoms with Crippen LogP contribution < -0.4 is 15.0 Å². The van der Waals surface area contributed by atoms with Gasteiger partial charge in [0, 0.05) is 9.50 Å². The first kappa shape index (κ1) is 24.2. The predicted molar refractivity (Wildman–Crippen MR) is 138 cm³/mol. The number of halogens is 3. The van der Waals surface area contributed by atoms with Gasteiger partial charge in [-0.05, 0) is 88.1 Å². The fourth-order valence-corrected chi connectivity index (χ4v) is 4.62. The van der Waals surface area contributed by atoms with Gasteiger partial charge in [-0.15, -0.1) is 0 Å². The Morgan fingerprint density at radius 3 is 2.53 bits per heavy atom. The monoisotopic (exact) mass is 602 g/mol. The Labute approximate surface area is 217 Å². The van der Waals surface area contributed by atoms with Gasteiger partial charge in [0.25, 0.3) is 11.8 Å². The number of hydrogen-bond donors (Lipinski definition) is 1. The van der Waals surface area contributed by atoms with Crippen LogP contribution in [-0.4, -0.2) is 17.8 Å². The van der Waals surface area contributed by atoms with Crippen LogP contribution in [0.1, 0.15) is 16.7 Å². The number of anilines is 1. The molecule has 1 saturated heterocycles. The first-order valence-corrected chi connectivity index (χ1v) is 12.0. The van der Waals surface area contributed by atoms with Gasteiger partial charge in [0.2, 0.25) is 0 Å². The lowest BCUT2D eigenvalue weighted by Crippen LogP contribution is -2.54. The van der Waals surface area contributed by atoms with E-state index in [1.807, 2.05) is 18.2 Å². The number of carbonyl (C=O) groups excluding carboxylic acids is 3. The van der Waals surface area contributed by atoms with Gasteiger partial charge in [0.1, 0.15) is 17.9 Å². The normalized spacial score (nSPS) is 15.0. The summed E-state index contributed by atoms with van der Waals surface area (Å²) in [5.41, 5.74) is 2.46. The fraction of sp³-hybridized carbons (Fsp3) is 0.0800. The largest absolute Gasteiger partial charge is 0.488 e. The summed E-state index contributed by atoms with van der Waals surface area (Å²) in [6.07, 6.45) is 1.44. The van der Waals surface area contributed by atoms with Crippen molar-refractivity contribution < 1.29 is 19.1 Å². The lowest BCUT2D eigenvalue weighted by Gasteiger charge is -2.27. The van der Waals surface area contributed by atoms with Gasteiger partial charge in [0.05, 0.1) is 10.2 Å². The van der Waals surface area contributed by atoms with E-state index in [9.17, 15) is 14.4 Å². The summed E-state index contributed by atoms with van der Waals surface area (Å²) in [6, 6.07) is 16.9. The molecule has 1 N–H and O–H groups in total. The predicted octanol–water partition coefficient (Wildman–Crippen LogP) is 6.42. The van der Waals surface area contributed by atoms with Gasteiger partial charge in [-0.1, -0.05) is 45.7 Å². The van der Waals surface area contributed by atoms with Gasteiger partial charge in [-0.2, -0.15) is 0 Å². The smallest absolute Gasteiger partial charge is 0.335 e. The van der Waals surface area contributed by atoms with Gasteiger partial charge in [0.15, 0.2) is 0 Å². The highest BCUT2D eigenvalue weighted by atomic mass is 79.9. The average molecular weight is 605 g/mol. The molecule has 0 aromatic heterocycles. The number of aryl methyl sites for hydroxylation is 1. The number of barbiturate groups is 1. The van der Waals surface area contributed by atoms with Crippen LogP contribution in [0.5, 0.6) is 5.75 Å². The molecule has 3 aromatic carbocycles. The number of ether oxygens (including phenoxy) is 1. The molecule has 1 aliphatic heterocycles. The summed E-state index contributed by atoms with van der Waals surface area (Å²) < 4.78 is 7.30. The summed E-state index contributed by atoms with van der Waals surface area (Å²) in [5.74, 6) is -0.862. The van der Waals surface area contributed by atoms with Crippen molar-refractivity contribution in [3.05, 3.63) is 96.9 Å². The van der Waals surface area contributed by atoms with Gasteiger partial charge >= 0.3 is 6.03 Å². The highest BCUT2D eigenvalue weighted by Gasteiger charge is 2.37. The molecule has 4 amide bonds. The second kappa shape index (κ2) is 10.1. The molecule has 0 spiro atoms. The second-order valence-electron chi connectivity index (χ2n) is 7.50. The molecule has 0 unspecified atom stereocenters. The van der Waals surface area contributed by atoms with Crippen molar-refractivity contribution in [3.8, 4) is 5.75 Å². The number of benzene rings is 3. The van der Waals surface area contributed by atoms with Gasteiger partial charge < -0.3 is 4.74 Å². The van der Waals surface area contributed by atoms with Crippen LogP contribution in [0.15, 0.2) is 75.2 Å². The first-order chi connectivity index (χ1) is 16.2. The maximum atomic E-state index is 13.1. The number of hydrogen-bond acceptors (Lipinski definition) is 4. The summed E-state index contributed by atoms with van der Waals surface area (Å²) in [7, 11) is 0. The first-order valence-electron chi connectivity index (χ1n) is 10.1. The van der Waals surface area contributed by atoms with E-state index >= 15 is 0 Å². The molecule has 0 atom stereocenters. The molecular formula is C25H17Br2ClN2O4. The number of imide groups is 2. The van der Waals surface area contributed by atoms with Crippen molar-refractivity contribution in [2.45, 2.75) is 13.5 Å². The van der Waals surface area contributed by atoms with Crippen LogP contribution in [0.4, 0.5) is 10.5 Å². The van der Waals surface area contributed by atoms with E-state index in [0.717, 1.165) is 14.9 Å². The van der Waals surface area contributed by atoms with E-state index in [1.54, 1.807) is 49.4 Å². The summed E-state index contributed by atoms with van der Waals surface area (Å²) in [4.78, 5) is 39.0. The Balaban J connectivity index is 1.58. The molecule has 0 saturated carbocycles. The van der Waals surface area contributed by atoms with E-state index in [-0.39, 0.29) is 5.57 Å². The Morgan fingerprint density at radius 2 is 1.82 bits per heavy atom. The number of nitrogens with zero attached hydrogens (tertiary/aromatic N) is 1. The molecule has 6 nitrogen and oxygen atoms in total. The quantitative estimate of drug-likeness (QED) is 0.270. The van der Waals surface area contributed by atoms with Crippen molar-refractivity contribution in [2.24, 2.45) is 0 Å². The zero-order valence-corrected chi connectivity index (χ0v) is 21.7. The third-order valence-electron chi connectivity index (χ3n) is 5.05. The zero-order chi connectivity index (χ0) is 24.4. The molecule has 3 aromatic rings. The molecular weight excluding hydrogens is 588 g/mol. The standard InChI is InChI=1S/C25H17Br2ClN2O4/c1-14-9-17(26)6-7-21(14)30-24(32)19(23(31)29-25(30)33)11-15-5-8-22(20(27)12-15)34-13-16-3-2-4-18(28)10-16/h2-12H,13H2,1H3,(H,29,31,33)/b19-11-. The lowest BCUT2D eigenvalue weighted by molar-refractivity contribution is -0.122. The summed E-state index contributed by atoms with van der Waals surface area (Å²) in [5, 5.41) is 2.87. The molecule has 9 heteroatoms. The Kier molecular flexibility index (Phi) is 7.21. The molecule has 4 rings (SSSR count). The Hall–Kier alpha value is -2.94. The molecule has 1 fully saturated rings. The molecule has 1 heterocycles. The van der Waals surface area contributed by atoms with Crippen LogP contribution in [-0.2, 0) is 16.2 Å². The summed E-state index contributed by atoms with van der Waals surface area (Å²) >= 11 is 12.8. The number of urea groups is 1. The molecule has 172 valence electrons. The fourth-order valence-electron chi connectivity index (χ4n) is 3.42. The van der Waals surface area contributed by atoms with Crippen LogP contribution in [0.2, 0.25) is 5.02 Å². The van der Waals surface area contributed by atoms with E-state index in [1.165, 1.54) is 6.08 Å². The van der Waals surface area contributed by atoms with Crippen LogP contribution in [0.3, 0.4) is 0 Å². The van der Waals surface area contributed by atoms with E-state index in [2.05, 4.69) is 37.2 Å². The van der Waals surface area contributed by atoms with Crippen molar-refractivity contribution in [3.63, 3.8) is 0 Å². The maximum absolute atomic E-state index is 13.1.